The maximum Gasteiger partial charge on any atom is 0.123 e. The van der Waals surface area contributed by atoms with E-state index in [9.17, 15) is 4.39 Å². The molecule has 0 aliphatic heterocycles. The second-order valence-corrected chi connectivity index (χ2v) is 6.54. The minimum atomic E-state index is -0.236. The Bertz CT molecular complexity index is 726. The molecule has 106 valence electrons. The third-order valence-electron chi connectivity index (χ3n) is 2.71. The summed E-state index contributed by atoms with van der Waals surface area (Å²) >= 11 is 8.97. The Balaban J connectivity index is 1.67. The third-order valence-corrected chi connectivity index (χ3v) is 4.85. The average Bonchev–Trinajstić information content (AvgIpc) is 2.96. The van der Waals surface area contributed by atoms with E-state index in [0.717, 1.165) is 27.0 Å². The number of hydrogen-bond donors (Lipinski definition) is 0. The first-order valence-electron chi connectivity index (χ1n) is 6.15. The van der Waals surface area contributed by atoms with Gasteiger partial charge in [0, 0.05) is 22.9 Å². The zero-order valence-electron chi connectivity index (χ0n) is 10.8. The Hall–Kier alpha value is -1.43. The molecule has 2 aromatic heterocycles. The van der Waals surface area contributed by atoms with Gasteiger partial charge in [-0.15, -0.1) is 23.1 Å². The third kappa shape index (κ3) is 3.81. The van der Waals surface area contributed by atoms with Crippen LogP contribution in [0.2, 0.25) is 5.02 Å². The molecule has 3 aromatic rings. The molecule has 0 fully saturated rings. The molecule has 0 saturated carbocycles. The lowest BCUT2D eigenvalue weighted by Gasteiger charge is -1.98. The van der Waals surface area contributed by atoms with E-state index >= 15 is 0 Å². The molecule has 0 spiro atoms. The van der Waals surface area contributed by atoms with E-state index in [1.807, 2.05) is 17.5 Å². The summed E-state index contributed by atoms with van der Waals surface area (Å²) in [7, 11) is 0. The van der Waals surface area contributed by atoms with Crippen molar-refractivity contribution in [3.05, 3.63) is 64.5 Å². The fraction of sp³-hybridized carbons (Fsp3) is 0.0667. The normalized spacial score (nSPS) is 10.8. The van der Waals surface area contributed by atoms with Crippen molar-refractivity contribution in [1.82, 2.24) is 9.97 Å². The van der Waals surface area contributed by atoms with Gasteiger partial charge in [-0.1, -0.05) is 11.6 Å². The number of halogens is 2. The molecule has 21 heavy (non-hydrogen) atoms. The Morgan fingerprint density at radius 3 is 2.67 bits per heavy atom. The molecule has 0 unspecified atom stereocenters. The van der Waals surface area contributed by atoms with Crippen molar-refractivity contribution in [1.29, 1.82) is 0 Å². The molecule has 1 aromatic carbocycles. The maximum atomic E-state index is 12.9. The lowest BCUT2D eigenvalue weighted by atomic mass is 10.2. The van der Waals surface area contributed by atoms with E-state index < -0.39 is 0 Å². The highest BCUT2D eigenvalue weighted by Crippen LogP contribution is 2.27. The molecule has 0 radical (unpaired) electrons. The Kier molecular flexibility index (Phi) is 4.53. The van der Waals surface area contributed by atoms with Crippen LogP contribution >= 0.6 is 34.7 Å². The van der Waals surface area contributed by atoms with Crippen molar-refractivity contribution in [2.45, 2.75) is 10.8 Å². The smallest absolute Gasteiger partial charge is 0.123 e. The van der Waals surface area contributed by atoms with Crippen LogP contribution in [0.5, 0.6) is 0 Å². The van der Waals surface area contributed by atoms with Crippen LogP contribution in [-0.4, -0.2) is 9.97 Å². The molecule has 3 rings (SSSR count). The number of thiazole rings is 1. The predicted molar refractivity (Wildman–Crippen MR) is 86.3 cm³/mol. The molecular formula is C15H10ClFN2S2. The SMILES string of the molecule is Fc1ccc(-c2nc(CSc3ccc(Cl)cn3)cs2)cc1. The number of pyridine rings is 1. The summed E-state index contributed by atoms with van der Waals surface area (Å²) < 4.78 is 12.9. The lowest BCUT2D eigenvalue weighted by molar-refractivity contribution is 0.628. The summed E-state index contributed by atoms with van der Waals surface area (Å²) in [6, 6.07) is 10.1. The van der Waals surface area contributed by atoms with Gasteiger partial charge in [-0.25, -0.2) is 14.4 Å². The quantitative estimate of drug-likeness (QED) is 0.605. The lowest BCUT2D eigenvalue weighted by Crippen LogP contribution is -1.84. The van der Waals surface area contributed by atoms with Crippen molar-refractivity contribution >= 4 is 34.7 Å². The summed E-state index contributed by atoms with van der Waals surface area (Å²) in [5.41, 5.74) is 1.92. The Morgan fingerprint density at radius 1 is 1.14 bits per heavy atom. The van der Waals surface area contributed by atoms with Crippen molar-refractivity contribution in [3.8, 4) is 10.6 Å². The topological polar surface area (TPSA) is 25.8 Å². The highest BCUT2D eigenvalue weighted by molar-refractivity contribution is 7.98. The van der Waals surface area contributed by atoms with Crippen molar-refractivity contribution in [2.24, 2.45) is 0 Å². The van der Waals surface area contributed by atoms with Gasteiger partial charge >= 0.3 is 0 Å². The number of rotatable bonds is 4. The average molecular weight is 337 g/mol. The summed E-state index contributed by atoms with van der Waals surface area (Å²) in [6.45, 7) is 0. The largest absolute Gasteiger partial charge is 0.248 e. The first-order valence-corrected chi connectivity index (χ1v) is 8.40. The van der Waals surface area contributed by atoms with Crippen LogP contribution in [0.25, 0.3) is 10.6 Å². The number of thioether (sulfide) groups is 1. The molecular weight excluding hydrogens is 327 g/mol. The number of benzene rings is 1. The van der Waals surface area contributed by atoms with Gasteiger partial charge in [0.25, 0.3) is 0 Å². The molecule has 6 heteroatoms. The summed E-state index contributed by atoms with van der Waals surface area (Å²) in [4.78, 5) is 8.80. The first kappa shape index (κ1) is 14.5. The van der Waals surface area contributed by atoms with Crippen LogP contribution in [0.3, 0.4) is 0 Å². The van der Waals surface area contributed by atoms with Gasteiger partial charge in [0.1, 0.15) is 10.8 Å². The number of aromatic nitrogens is 2. The Labute approximate surface area is 135 Å². The fourth-order valence-electron chi connectivity index (χ4n) is 1.69. The van der Waals surface area contributed by atoms with E-state index in [0.29, 0.717) is 5.02 Å². The van der Waals surface area contributed by atoms with Crippen LogP contribution in [0.4, 0.5) is 4.39 Å². The molecule has 0 amide bonds. The van der Waals surface area contributed by atoms with E-state index in [4.69, 9.17) is 11.6 Å². The summed E-state index contributed by atoms with van der Waals surface area (Å²) in [5.74, 6) is 0.506. The first-order chi connectivity index (χ1) is 10.2. The van der Waals surface area contributed by atoms with Crippen LogP contribution in [-0.2, 0) is 5.75 Å². The molecule has 2 heterocycles. The highest BCUT2D eigenvalue weighted by Gasteiger charge is 2.06. The molecule has 0 N–H and O–H groups in total. The minimum absolute atomic E-state index is 0.236. The van der Waals surface area contributed by atoms with E-state index in [2.05, 4.69) is 9.97 Å². The zero-order valence-corrected chi connectivity index (χ0v) is 13.2. The van der Waals surface area contributed by atoms with Gasteiger partial charge in [-0.05, 0) is 36.4 Å². The minimum Gasteiger partial charge on any atom is -0.248 e. The molecule has 2 nitrogen and oxygen atoms in total. The van der Waals surface area contributed by atoms with Crippen molar-refractivity contribution in [3.63, 3.8) is 0 Å². The molecule has 0 atom stereocenters. The van der Waals surface area contributed by atoms with Crippen LogP contribution in [0, 0.1) is 5.82 Å². The monoisotopic (exact) mass is 336 g/mol. The van der Waals surface area contributed by atoms with Gasteiger partial charge in [-0.2, -0.15) is 0 Å². The van der Waals surface area contributed by atoms with Gasteiger partial charge in [0.05, 0.1) is 15.7 Å². The summed E-state index contributed by atoms with van der Waals surface area (Å²) in [5, 5.41) is 4.46. The van der Waals surface area contributed by atoms with Crippen LogP contribution < -0.4 is 0 Å². The second kappa shape index (κ2) is 6.56. The standard InChI is InChI=1S/C15H10ClFN2S2/c16-11-3-6-14(18-7-11)20-8-13-9-21-15(19-13)10-1-4-12(17)5-2-10/h1-7,9H,8H2. The fourth-order valence-corrected chi connectivity index (χ4v) is 3.47. The van der Waals surface area contributed by atoms with Crippen molar-refractivity contribution < 1.29 is 4.39 Å². The van der Waals surface area contributed by atoms with Gasteiger partial charge in [-0.3, -0.25) is 0 Å². The van der Waals surface area contributed by atoms with E-state index in [1.165, 1.54) is 12.1 Å². The zero-order chi connectivity index (χ0) is 14.7. The maximum absolute atomic E-state index is 12.9. The molecule has 0 aliphatic rings. The van der Waals surface area contributed by atoms with Crippen LogP contribution in [0.1, 0.15) is 5.69 Å². The number of hydrogen-bond acceptors (Lipinski definition) is 4. The molecule has 0 saturated heterocycles. The van der Waals surface area contributed by atoms with E-state index in [1.54, 1.807) is 41.4 Å². The van der Waals surface area contributed by atoms with Crippen LogP contribution in [0.15, 0.2) is 53.0 Å². The second-order valence-electron chi connectivity index (χ2n) is 4.25. The number of nitrogens with zero attached hydrogens (tertiary/aromatic N) is 2. The predicted octanol–water partition coefficient (Wildman–Crippen LogP) is 5.29. The molecule has 0 bridgehead atoms. The van der Waals surface area contributed by atoms with E-state index in [-0.39, 0.29) is 5.82 Å². The van der Waals surface area contributed by atoms with Gasteiger partial charge in [0.2, 0.25) is 0 Å². The highest BCUT2D eigenvalue weighted by atomic mass is 35.5. The van der Waals surface area contributed by atoms with Gasteiger partial charge < -0.3 is 0 Å². The summed E-state index contributed by atoms with van der Waals surface area (Å²) in [6.07, 6.45) is 1.63. The van der Waals surface area contributed by atoms with Crippen molar-refractivity contribution in [2.75, 3.05) is 0 Å². The Morgan fingerprint density at radius 2 is 1.95 bits per heavy atom. The molecule has 0 aliphatic carbocycles. The van der Waals surface area contributed by atoms with Gasteiger partial charge in [0.15, 0.2) is 0 Å².